The van der Waals surface area contributed by atoms with Crippen LogP contribution in [0.2, 0.25) is 0 Å². The van der Waals surface area contributed by atoms with Gasteiger partial charge in [-0.1, -0.05) is 81.0 Å². The number of fused-ring (bicyclic) bond motifs is 2. The van der Waals surface area contributed by atoms with Crippen LogP contribution in [0.4, 0.5) is 0 Å². The molecule has 0 unspecified atom stereocenters. The topological polar surface area (TPSA) is 69.7 Å². The molecule has 0 N–H and O–H groups in total. The highest BCUT2D eigenvalue weighted by Crippen LogP contribution is 2.62. The van der Waals surface area contributed by atoms with Crippen molar-refractivity contribution in [3.8, 4) is 11.1 Å². The van der Waals surface area contributed by atoms with E-state index in [0.717, 1.165) is 29.5 Å². The second-order valence-electron chi connectivity index (χ2n) is 12.7. The van der Waals surface area contributed by atoms with E-state index in [0.29, 0.717) is 29.4 Å². The average Bonchev–Trinajstić information content (AvgIpc) is 3.34. The van der Waals surface area contributed by atoms with Crippen LogP contribution >= 0.6 is 0 Å². The van der Waals surface area contributed by atoms with Crippen LogP contribution in [-0.4, -0.2) is 29.4 Å². The molecule has 0 spiro atoms. The SMILES string of the molecule is CC(=O)O[C@]12C[C@H](C)[C@H](OC(=O)c3ccc(-c4ccccc4)cc3)[C@@H]1/C=C(/C)CC[C@H]1[C@@H](/C=C(\C)C2=O)C1(C)C. The Hall–Kier alpha value is -3.47. The fourth-order valence-corrected chi connectivity index (χ4v) is 7.17. The third-order valence-electron chi connectivity index (χ3n) is 9.50. The van der Waals surface area contributed by atoms with Gasteiger partial charge in [-0.15, -0.1) is 0 Å². The number of ether oxygens (including phenoxy) is 2. The van der Waals surface area contributed by atoms with E-state index in [1.807, 2.05) is 62.4 Å². The Kier molecular flexibility index (Phi) is 7.37. The Labute approximate surface area is 237 Å². The van der Waals surface area contributed by atoms with E-state index >= 15 is 0 Å². The largest absolute Gasteiger partial charge is 0.458 e. The summed E-state index contributed by atoms with van der Waals surface area (Å²) in [6.07, 6.45) is 5.73. The van der Waals surface area contributed by atoms with E-state index in [2.05, 4.69) is 26.8 Å². The average molecular weight is 541 g/mol. The molecule has 2 fully saturated rings. The van der Waals surface area contributed by atoms with Crippen molar-refractivity contribution in [2.75, 3.05) is 0 Å². The van der Waals surface area contributed by atoms with Crippen LogP contribution in [0.1, 0.15) is 71.2 Å². The summed E-state index contributed by atoms with van der Waals surface area (Å²) in [6, 6.07) is 17.3. The predicted octanol–water partition coefficient (Wildman–Crippen LogP) is 7.36. The molecule has 5 nitrogen and oxygen atoms in total. The minimum atomic E-state index is -1.41. The Morgan fingerprint density at radius 2 is 1.55 bits per heavy atom. The van der Waals surface area contributed by atoms with E-state index < -0.39 is 29.6 Å². The zero-order valence-corrected chi connectivity index (χ0v) is 24.4. The van der Waals surface area contributed by atoms with Gasteiger partial charge in [0, 0.05) is 13.3 Å². The molecular weight excluding hydrogens is 500 g/mol. The lowest BCUT2D eigenvalue weighted by Gasteiger charge is -2.34. The number of rotatable bonds is 4. The summed E-state index contributed by atoms with van der Waals surface area (Å²) in [5.74, 6) is -1.07. The number of carbonyl (C=O) groups is 3. The van der Waals surface area contributed by atoms with E-state index in [1.165, 1.54) is 6.92 Å². The standard InChI is InChI=1S/C35H40O5/c1-21-12-17-28-29(34(28,5)6)19-22(2)32(37)35(40-24(4)36)20-23(3)31(30(35)18-21)39-33(38)27-15-13-26(14-16-27)25-10-8-7-9-11-25/h7-11,13-16,18-19,23,28-31H,12,17,20H2,1-6H3/b21-18-,22-19+/t23-,28-,29+,30-,31-,35+/m0/s1. The maximum atomic E-state index is 14.2. The lowest BCUT2D eigenvalue weighted by Crippen LogP contribution is -2.48. The maximum Gasteiger partial charge on any atom is 0.338 e. The number of esters is 2. The molecule has 0 heterocycles. The Morgan fingerprint density at radius 3 is 2.20 bits per heavy atom. The summed E-state index contributed by atoms with van der Waals surface area (Å²) in [4.78, 5) is 40.1. The first kappa shape index (κ1) is 28.1. The monoisotopic (exact) mass is 540 g/mol. The molecule has 2 aromatic carbocycles. The number of allylic oxidation sites excluding steroid dienone is 2. The number of hydrogen-bond acceptors (Lipinski definition) is 5. The van der Waals surface area contributed by atoms with Gasteiger partial charge in [-0.2, -0.15) is 0 Å². The molecular formula is C35H40O5. The quantitative estimate of drug-likeness (QED) is 0.299. The van der Waals surface area contributed by atoms with Crippen LogP contribution in [0.25, 0.3) is 11.1 Å². The van der Waals surface area contributed by atoms with Gasteiger partial charge in [0.05, 0.1) is 11.5 Å². The van der Waals surface area contributed by atoms with Gasteiger partial charge >= 0.3 is 11.9 Å². The first-order chi connectivity index (χ1) is 18.9. The van der Waals surface area contributed by atoms with E-state index in [-0.39, 0.29) is 17.1 Å². The van der Waals surface area contributed by atoms with Gasteiger partial charge < -0.3 is 9.47 Å². The summed E-state index contributed by atoms with van der Waals surface area (Å²) >= 11 is 0. The number of Topliss-reactive ketones (excluding diaryl/α,β-unsaturated/α-hetero) is 1. The second kappa shape index (κ2) is 10.5. The van der Waals surface area contributed by atoms with Crippen molar-refractivity contribution in [3.63, 3.8) is 0 Å². The van der Waals surface area contributed by atoms with Crippen molar-refractivity contribution in [1.29, 1.82) is 0 Å². The van der Waals surface area contributed by atoms with Crippen LogP contribution in [0.15, 0.2) is 77.9 Å². The minimum Gasteiger partial charge on any atom is -0.458 e. The van der Waals surface area contributed by atoms with Gasteiger partial charge in [-0.05, 0) is 78.7 Å². The van der Waals surface area contributed by atoms with E-state index in [4.69, 9.17) is 9.47 Å². The summed E-state index contributed by atoms with van der Waals surface area (Å²) in [5, 5.41) is 0. The van der Waals surface area contributed by atoms with Crippen LogP contribution in [0, 0.1) is 29.1 Å². The molecule has 2 saturated carbocycles. The molecule has 3 aliphatic rings. The van der Waals surface area contributed by atoms with E-state index in [9.17, 15) is 14.4 Å². The first-order valence-electron chi connectivity index (χ1n) is 14.4. The van der Waals surface area contributed by atoms with Gasteiger partial charge in [0.1, 0.15) is 6.10 Å². The Bertz CT molecular complexity index is 1370. The fraction of sp³-hybridized carbons (Fsp3) is 0.457. The van der Waals surface area contributed by atoms with Gasteiger partial charge in [0.2, 0.25) is 5.78 Å². The highest BCUT2D eigenvalue weighted by Gasteiger charge is 2.61. The molecule has 5 heteroatoms. The van der Waals surface area contributed by atoms with Gasteiger partial charge in [0.15, 0.2) is 5.60 Å². The number of carbonyl (C=O) groups excluding carboxylic acids is 3. The van der Waals surface area contributed by atoms with Crippen LogP contribution in [-0.2, 0) is 19.1 Å². The van der Waals surface area contributed by atoms with Gasteiger partial charge in [-0.25, -0.2) is 4.79 Å². The predicted molar refractivity (Wildman–Crippen MR) is 155 cm³/mol. The molecule has 40 heavy (non-hydrogen) atoms. The first-order valence-corrected chi connectivity index (χ1v) is 14.4. The van der Waals surface area contributed by atoms with Crippen molar-refractivity contribution in [2.24, 2.45) is 29.1 Å². The number of hydrogen-bond donors (Lipinski definition) is 0. The number of ketones is 1. The number of benzene rings is 2. The highest BCUT2D eigenvalue weighted by atomic mass is 16.6. The van der Waals surface area contributed by atoms with E-state index in [1.54, 1.807) is 12.1 Å². The highest BCUT2D eigenvalue weighted by molar-refractivity contribution is 6.03. The zero-order chi connectivity index (χ0) is 28.8. The summed E-state index contributed by atoms with van der Waals surface area (Å²) in [5.41, 5.74) is 3.00. The Balaban J connectivity index is 1.48. The van der Waals surface area contributed by atoms with Crippen molar-refractivity contribution >= 4 is 17.7 Å². The summed E-state index contributed by atoms with van der Waals surface area (Å²) in [7, 11) is 0. The molecule has 210 valence electrons. The fourth-order valence-electron chi connectivity index (χ4n) is 7.17. The molecule has 5 rings (SSSR count). The van der Waals surface area contributed by atoms with Crippen molar-refractivity contribution in [3.05, 3.63) is 83.5 Å². The zero-order valence-electron chi connectivity index (χ0n) is 24.4. The molecule has 0 aromatic heterocycles. The third kappa shape index (κ3) is 5.07. The van der Waals surface area contributed by atoms with Crippen molar-refractivity contribution < 1.29 is 23.9 Å². The molecule has 0 radical (unpaired) electrons. The minimum absolute atomic E-state index is 0.145. The van der Waals surface area contributed by atoms with Crippen LogP contribution in [0.5, 0.6) is 0 Å². The second-order valence-corrected chi connectivity index (χ2v) is 12.7. The molecule has 0 aliphatic heterocycles. The Morgan fingerprint density at radius 1 is 0.900 bits per heavy atom. The van der Waals surface area contributed by atoms with Crippen molar-refractivity contribution in [1.82, 2.24) is 0 Å². The van der Waals surface area contributed by atoms with Crippen molar-refractivity contribution in [2.45, 2.75) is 72.5 Å². The smallest absolute Gasteiger partial charge is 0.338 e. The molecule has 3 aliphatic carbocycles. The van der Waals surface area contributed by atoms with Gasteiger partial charge in [-0.3, -0.25) is 9.59 Å². The summed E-state index contributed by atoms with van der Waals surface area (Å²) < 4.78 is 12.2. The summed E-state index contributed by atoms with van der Waals surface area (Å²) in [6.45, 7) is 11.7. The lowest BCUT2D eigenvalue weighted by atomic mass is 9.81. The molecule has 2 aromatic rings. The normalized spacial score (nSPS) is 33.6. The molecule has 6 atom stereocenters. The van der Waals surface area contributed by atoms with Gasteiger partial charge in [0.25, 0.3) is 0 Å². The van der Waals surface area contributed by atoms with Crippen LogP contribution < -0.4 is 0 Å². The lowest BCUT2D eigenvalue weighted by molar-refractivity contribution is -0.168. The molecule has 0 bridgehead atoms. The van der Waals surface area contributed by atoms with Crippen LogP contribution in [0.3, 0.4) is 0 Å². The maximum absolute atomic E-state index is 14.2. The molecule has 0 saturated heterocycles. The molecule has 0 amide bonds. The third-order valence-corrected chi connectivity index (χ3v) is 9.50.